The van der Waals surface area contributed by atoms with Crippen molar-refractivity contribution in [1.29, 1.82) is 0 Å². The van der Waals surface area contributed by atoms with E-state index in [9.17, 15) is 9.59 Å². The molecular weight excluding hydrogens is 390 g/mol. The summed E-state index contributed by atoms with van der Waals surface area (Å²) in [5.41, 5.74) is 4.91. The number of pyridine rings is 1. The first-order valence-electron chi connectivity index (χ1n) is 9.90. The summed E-state index contributed by atoms with van der Waals surface area (Å²) in [4.78, 5) is 32.9. The first-order chi connectivity index (χ1) is 15.0. The Labute approximate surface area is 179 Å². The summed E-state index contributed by atoms with van der Waals surface area (Å²) < 4.78 is 0. The maximum atomic E-state index is 13.2. The van der Waals surface area contributed by atoms with Gasteiger partial charge in [-0.05, 0) is 55.3 Å². The number of carbonyl (C=O) groups is 2. The molecule has 0 saturated carbocycles. The lowest BCUT2D eigenvalue weighted by molar-refractivity contribution is 0.0961. The van der Waals surface area contributed by atoms with Crippen LogP contribution in [0, 0.1) is 13.8 Å². The van der Waals surface area contributed by atoms with E-state index in [0.29, 0.717) is 22.6 Å². The molecule has 0 unspecified atom stereocenters. The summed E-state index contributed by atoms with van der Waals surface area (Å²) in [7, 11) is 1.55. The molecule has 0 spiro atoms. The summed E-state index contributed by atoms with van der Waals surface area (Å²) in [6.45, 7) is 3.93. The number of nitrogens with zero attached hydrogens (tertiary/aromatic N) is 1. The zero-order chi connectivity index (χ0) is 22.0. The standard InChI is InChI=1S/C24H23N5O2/c1-14-10-16-8-9-26-21(16)18(11-14)24(31)29-20-12-17(23(30)25-3)13-27-22(20)28-19-7-5-4-6-15(19)2/h4-13,26H,1-3H3,(H,25,30)(H,27,28)(H,29,31). The number of aromatic amines is 1. The largest absolute Gasteiger partial charge is 0.361 e. The third-order valence-corrected chi connectivity index (χ3v) is 5.07. The van der Waals surface area contributed by atoms with Crippen LogP contribution >= 0.6 is 0 Å². The topological polar surface area (TPSA) is 98.9 Å². The molecule has 2 amide bonds. The van der Waals surface area contributed by atoms with Gasteiger partial charge in [-0.3, -0.25) is 9.59 Å². The zero-order valence-electron chi connectivity index (χ0n) is 17.5. The number of hydrogen-bond donors (Lipinski definition) is 4. The van der Waals surface area contributed by atoms with Gasteiger partial charge in [-0.1, -0.05) is 18.2 Å². The van der Waals surface area contributed by atoms with E-state index in [1.807, 2.05) is 56.3 Å². The van der Waals surface area contributed by atoms with Crippen molar-refractivity contribution in [2.45, 2.75) is 13.8 Å². The molecule has 31 heavy (non-hydrogen) atoms. The second kappa shape index (κ2) is 8.31. The molecule has 0 radical (unpaired) electrons. The number of carbonyl (C=O) groups excluding carboxylic acids is 2. The third-order valence-electron chi connectivity index (χ3n) is 5.07. The Morgan fingerprint density at radius 2 is 1.77 bits per heavy atom. The molecule has 0 atom stereocenters. The van der Waals surface area contributed by atoms with Crippen molar-refractivity contribution in [3.8, 4) is 0 Å². The Bertz CT molecular complexity index is 1290. The van der Waals surface area contributed by atoms with Crippen LogP contribution in [0.5, 0.6) is 0 Å². The molecule has 0 aliphatic heterocycles. The third kappa shape index (κ3) is 4.11. The molecule has 4 N–H and O–H groups in total. The van der Waals surface area contributed by atoms with Crippen molar-refractivity contribution in [1.82, 2.24) is 15.3 Å². The number of para-hydroxylation sites is 1. The van der Waals surface area contributed by atoms with E-state index in [4.69, 9.17) is 0 Å². The highest BCUT2D eigenvalue weighted by atomic mass is 16.2. The summed E-state index contributed by atoms with van der Waals surface area (Å²) in [6.07, 6.45) is 3.28. The SMILES string of the molecule is CNC(=O)c1cnc(Nc2ccccc2C)c(NC(=O)c2cc(C)cc3cc[nH]c23)c1. The average molecular weight is 413 g/mol. The second-order valence-corrected chi connectivity index (χ2v) is 7.35. The van der Waals surface area contributed by atoms with Crippen LogP contribution in [-0.4, -0.2) is 28.8 Å². The number of hydrogen-bond acceptors (Lipinski definition) is 4. The number of benzene rings is 2. The van der Waals surface area contributed by atoms with Crippen molar-refractivity contribution in [3.63, 3.8) is 0 Å². The molecule has 0 saturated heterocycles. The lowest BCUT2D eigenvalue weighted by atomic mass is 10.1. The molecule has 7 nitrogen and oxygen atoms in total. The normalized spacial score (nSPS) is 10.7. The highest BCUT2D eigenvalue weighted by molar-refractivity contribution is 6.13. The Morgan fingerprint density at radius 1 is 0.968 bits per heavy atom. The van der Waals surface area contributed by atoms with Gasteiger partial charge in [0.05, 0.1) is 22.3 Å². The highest BCUT2D eigenvalue weighted by Crippen LogP contribution is 2.28. The minimum absolute atomic E-state index is 0.284. The van der Waals surface area contributed by atoms with E-state index >= 15 is 0 Å². The van der Waals surface area contributed by atoms with E-state index in [2.05, 4.69) is 25.9 Å². The van der Waals surface area contributed by atoms with Gasteiger partial charge in [-0.25, -0.2) is 4.98 Å². The maximum absolute atomic E-state index is 13.2. The van der Waals surface area contributed by atoms with Gasteiger partial charge >= 0.3 is 0 Å². The Morgan fingerprint density at radius 3 is 2.55 bits per heavy atom. The molecule has 7 heteroatoms. The number of rotatable bonds is 5. The lowest BCUT2D eigenvalue weighted by Gasteiger charge is -2.15. The number of nitrogens with one attached hydrogen (secondary N) is 4. The Kier molecular flexibility index (Phi) is 5.41. The molecule has 2 heterocycles. The van der Waals surface area contributed by atoms with Gasteiger partial charge in [-0.2, -0.15) is 0 Å². The quantitative estimate of drug-likeness (QED) is 0.386. The van der Waals surface area contributed by atoms with Gasteiger partial charge in [0, 0.05) is 30.5 Å². The number of anilines is 3. The van der Waals surface area contributed by atoms with E-state index < -0.39 is 0 Å². The molecule has 0 bridgehead atoms. The minimum atomic E-state index is -0.292. The zero-order valence-corrected chi connectivity index (χ0v) is 17.5. The molecule has 156 valence electrons. The minimum Gasteiger partial charge on any atom is -0.361 e. The average Bonchev–Trinajstić information content (AvgIpc) is 3.23. The summed E-state index contributed by atoms with van der Waals surface area (Å²) in [6, 6.07) is 15.2. The fraction of sp³-hybridized carbons (Fsp3) is 0.125. The fourth-order valence-electron chi connectivity index (χ4n) is 3.46. The molecule has 4 aromatic rings. The maximum Gasteiger partial charge on any atom is 0.257 e. The number of aromatic nitrogens is 2. The monoisotopic (exact) mass is 413 g/mol. The molecule has 0 fully saturated rings. The van der Waals surface area contributed by atoms with Gasteiger partial charge in [0.25, 0.3) is 11.8 Å². The predicted molar refractivity (Wildman–Crippen MR) is 123 cm³/mol. The van der Waals surface area contributed by atoms with E-state index in [1.165, 1.54) is 6.20 Å². The molecular formula is C24H23N5O2. The van der Waals surface area contributed by atoms with Crippen molar-refractivity contribution < 1.29 is 9.59 Å². The van der Waals surface area contributed by atoms with E-state index in [0.717, 1.165) is 27.7 Å². The predicted octanol–water partition coefficient (Wildman–Crippen LogP) is 4.54. The van der Waals surface area contributed by atoms with Crippen LogP contribution in [0.2, 0.25) is 0 Å². The molecule has 0 aliphatic carbocycles. The van der Waals surface area contributed by atoms with Crippen molar-refractivity contribution in [3.05, 3.63) is 83.2 Å². The van der Waals surface area contributed by atoms with Crippen LogP contribution in [0.1, 0.15) is 31.8 Å². The number of fused-ring (bicyclic) bond motifs is 1. The summed E-state index contributed by atoms with van der Waals surface area (Å²) in [5, 5.41) is 9.73. The molecule has 4 rings (SSSR count). The van der Waals surface area contributed by atoms with Crippen LogP contribution in [0.15, 0.2) is 60.9 Å². The van der Waals surface area contributed by atoms with Crippen LogP contribution in [0.3, 0.4) is 0 Å². The van der Waals surface area contributed by atoms with Gasteiger partial charge in [0.15, 0.2) is 5.82 Å². The van der Waals surface area contributed by atoms with Crippen LogP contribution in [0.25, 0.3) is 10.9 Å². The van der Waals surface area contributed by atoms with Crippen molar-refractivity contribution in [2.75, 3.05) is 17.7 Å². The molecule has 2 aromatic carbocycles. The van der Waals surface area contributed by atoms with Crippen molar-refractivity contribution >= 4 is 39.9 Å². The highest BCUT2D eigenvalue weighted by Gasteiger charge is 2.17. The summed E-state index contributed by atoms with van der Waals surface area (Å²) >= 11 is 0. The van der Waals surface area contributed by atoms with Crippen LogP contribution in [-0.2, 0) is 0 Å². The number of H-pyrrole nitrogens is 1. The van der Waals surface area contributed by atoms with Crippen LogP contribution in [0.4, 0.5) is 17.2 Å². The Balaban J connectivity index is 1.74. The smallest absolute Gasteiger partial charge is 0.257 e. The Hall–Kier alpha value is -4.13. The molecule has 0 aliphatic rings. The van der Waals surface area contributed by atoms with Gasteiger partial charge in [0.2, 0.25) is 0 Å². The number of amides is 2. The number of aryl methyl sites for hydroxylation is 2. The second-order valence-electron chi connectivity index (χ2n) is 7.35. The van der Waals surface area contributed by atoms with Crippen molar-refractivity contribution in [2.24, 2.45) is 0 Å². The van der Waals surface area contributed by atoms with Gasteiger partial charge < -0.3 is 20.9 Å². The lowest BCUT2D eigenvalue weighted by Crippen LogP contribution is -2.20. The first kappa shape index (κ1) is 20.2. The fourth-order valence-corrected chi connectivity index (χ4v) is 3.46. The van der Waals surface area contributed by atoms with E-state index in [-0.39, 0.29) is 11.8 Å². The first-order valence-corrected chi connectivity index (χ1v) is 9.90. The van der Waals surface area contributed by atoms with Crippen LogP contribution < -0.4 is 16.0 Å². The van der Waals surface area contributed by atoms with Gasteiger partial charge in [0.1, 0.15) is 0 Å². The van der Waals surface area contributed by atoms with Gasteiger partial charge in [-0.15, -0.1) is 0 Å². The summed E-state index contributed by atoms with van der Waals surface area (Å²) in [5.74, 6) is -0.127. The van der Waals surface area contributed by atoms with E-state index in [1.54, 1.807) is 19.3 Å². The molecule has 2 aromatic heterocycles.